The summed E-state index contributed by atoms with van der Waals surface area (Å²) in [5, 5.41) is 6.08. The van der Waals surface area contributed by atoms with Gasteiger partial charge in [0.25, 0.3) is 0 Å². The summed E-state index contributed by atoms with van der Waals surface area (Å²) in [5.41, 5.74) is -0.0124. The summed E-state index contributed by atoms with van der Waals surface area (Å²) in [6.45, 7) is 11.7. The first-order valence-corrected chi connectivity index (χ1v) is 6.29. The molecule has 0 aromatic carbocycles. The maximum Gasteiger partial charge on any atom is 0.234 e. The minimum Gasteiger partial charge on any atom is -0.379 e. The van der Waals surface area contributed by atoms with Crippen LogP contribution in [0.5, 0.6) is 0 Å². The molecule has 5 nitrogen and oxygen atoms in total. The number of nitrogens with zero attached hydrogens (tertiary/aromatic N) is 1. The van der Waals surface area contributed by atoms with Gasteiger partial charge < -0.3 is 15.4 Å². The van der Waals surface area contributed by atoms with E-state index in [-0.39, 0.29) is 11.4 Å². The quantitative estimate of drug-likeness (QED) is 0.703. The van der Waals surface area contributed by atoms with Crippen LogP contribution in [0.1, 0.15) is 20.8 Å². The zero-order chi connectivity index (χ0) is 12.7. The molecule has 0 saturated carbocycles. The van der Waals surface area contributed by atoms with Crippen LogP contribution in [0, 0.1) is 0 Å². The Morgan fingerprint density at radius 1 is 1.29 bits per heavy atom. The highest BCUT2D eigenvalue weighted by Crippen LogP contribution is 1.97. The molecular weight excluding hydrogens is 218 g/mol. The lowest BCUT2D eigenvalue weighted by atomic mass is 10.1. The molecule has 0 bridgehead atoms. The number of hydrogen-bond donors (Lipinski definition) is 2. The monoisotopic (exact) mass is 243 g/mol. The van der Waals surface area contributed by atoms with Crippen LogP contribution in [0.25, 0.3) is 0 Å². The maximum absolute atomic E-state index is 11.5. The molecule has 0 radical (unpaired) electrons. The van der Waals surface area contributed by atoms with E-state index in [0.717, 1.165) is 32.8 Å². The van der Waals surface area contributed by atoms with E-state index in [2.05, 4.69) is 15.5 Å². The van der Waals surface area contributed by atoms with Gasteiger partial charge in [0.15, 0.2) is 0 Å². The average Bonchev–Trinajstić information content (AvgIpc) is 2.27. The van der Waals surface area contributed by atoms with E-state index >= 15 is 0 Å². The van der Waals surface area contributed by atoms with E-state index in [1.54, 1.807) is 0 Å². The van der Waals surface area contributed by atoms with Crippen LogP contribution in [-0.4, -0.2) is 62.3 Å². The van der Waals surface area contributed by atoms with Gasteiger partial charge in [-0.25, -0.2) is 0 Å². The first-order valence-electron chi connectivity index (χ1n) is 6.29. The number of amides is 1. The molecule has 17 heavy (non-hydrogen) atoms. The van der Waals surface area contributed by atoms with Crippen LogP contribution in [0.2, 0.25) is 0 Å². The maximum atomic E-state index is 11.5. The highest BCUT2D eigenvalue weighted by atomic mass is 16.5. The molecule has 100 valence electrons. The second-order valence-electron chi connectivity index (χ2n) is 5.41. The fourth-order valence-electron chi connectivity index (χ4n) is 1.59. The number of ether oxygens (including phenoxy) is 1. The number of hydrogen-bond acceptors (Lipinski definition) is 4. The van der Waals surface area contributed by atoms with Gasteiger partial charge in [0.05, 0.1) is 19.8 Å². The van der Waals surface area contributed by atoms with Gasteiger partial charge in [-0.2, -0.15) is 0 Å². The van der Waals surface area contributed by atoms with Gasteiger partial charge in [0.1, 0.15) is 0 Å². The van der Waals surface area contributed by atoms with Crippen molar-refractivity contribution in [3.63, 3.8) is 0 Å². The van der Waals surface area contributed by atoms with Crippen LogP contribution >= 0.6 is 0 Å². The van der Waals surface area contributed by atoms with Crippen LogP contribution in [-0.2, 0) is 9.53 Å². The predicted octanol–water partition coefficient (Wildman–Crippen LogP) is -0.177. The van der Waals surface area contributed by atoms with Crippen molar-refractivity contribution in [1.29, 1.82) is 0 Å². The molecule has 1 rings (SSSR count). The van der Waals surface area contributed by atoms with Gasteiger partial charge in [0.2, 0.25) is 5.91 Å². The summed E-state index contributed by atoms with van der Waals surface area (Å²) < 4.78 is 5.26. The molecule has 0 atom stereocenters. The summed E-state index contributed by atoms with van der Waals surface area (Å²) >= 11 is 0. The van der Waals surface area contributed by atoms with Crippen LogP contribution in [0.3, 0.4) is 0 Å². The number of nitrogens with one attached hydrogen (secondary N) is 2. The van der Waals surface area contributed by atoms with Gasteiger partial charge in [-0.05, 0) is 20.8 Å². The third-order valence-electron chi connectivity index (χ3n) is 2.63. The lowest BCUT2D eigenvalue weighted by Gasteiger charge is -2.26. The normalized spacial score (nSPS) is 18.1. The van der Waals surface area contributed by atoms with Crippen molar-refractivity contribution in [2.24, 2.45) is 0 Å². The third kappa shape index (κ3) is 7.31. The average molecular weight is 243 g/mol. The van der Waals surface area contributed by atoms with Gasteiger partial charge in [-0.3, -0.25) is 9.69 Å². The van der Waals surface area contributed by atoms with Crippen molar-refractivity contribution in [3.05, 3.63) is 0 Å². The van der Waals surface area contributed by atoms with Crippen molar-refractivity contribution in [2.45, 2.75) is 26.3 Å². The molecule has 0 spiro atoms. The Morgan fingerprint density at radius 2 is 1.94 bits per heavy atom. The first kappa shape index (κ1) is 14.4. The Bertz CT molecular complexity index is 232. The van der Waals surface area contributed by atoms with Crippen LogP contribution in [0.4, 0.5) is 0 Å². The van der Waals surface area contributed by atoms with E-state index in [1.165, 1.54) is 0 Å². The summed E-state index contributed by atoms with van der Waals surface area (Å²) in [5.74, 6) is 0.0631. The highest BCUT2D eigenvalue weighted by molar-refractivity contribution is 5.78. The van der Waals surface area contributed by atoms with Crippen molar-refractivity contribution in [1.82, 2.24) is 15.5 Å². The number of rotatable bonds is 5. The Balaban J connectivity index is 2.03. The topological polar surface area (TPSA) is 53.6 Å². The molecule has 1 heterocycles. The highest BCUT2D eigenvalue weighted by Gasteiger charge is 2.12. The van der Waals surface area contributed by atoms with Crippen molar-refractivity contribution in [2.75, 3.05) is 45.9 Å². The molecular formula is C12H25N3O2. The number of carbonyl (C=O) groups is 1. The fraction of sp³-hybridized carbons (Fsp3) is 0.917. The van der Waals surface area contributed by atoms with Crippen LogP contribution in [0.15, 0.2) is 0 Å². The van der Waals surface area contributed by atoms with Gasteiger partial charge in [0, 0.05) is 31.7 Å². The molecule has 1 amide bonds. The molecule has 1 aliphatic heterocycles. The standard InChI is InChI=1S/C12H25N3O2/c1-12(2,3)14-10-11(16)13-4-5-15-6-8-17-9-7-15/h14H,4-10H2,1-3H3,(H,13,16). The zero-order valence-corrected chi connectivity index (χ0v) is 11.2. The van der Waals surface area contributed by atoms with Crippen molar-refractivity contribution >= 4 is 5.91 Å². The number of carbonyl (C=O) groups excluding carboxylic acids is 1. The third-order valence-corrected chi connectivity index (χ3v) is 2.63. The first-order chi connectivity index (χ1) is 7.97. The number of morpholine rings is 1. The molecule has 5 heteroatoms. The van der Waals surface area contributed by atoms with E-state index < -0.39 is 0 Å². The SMILES string of the molecule is CC(C)(C)NCC(=O)NCCN1CCOCC1. The summed E-state index contributed by atoms with van der Waals surface area (Å²) in [6.07, 6.45) is 0. The minimum atomic E-state index is -0.0124. The molecule has 1 fully saturated rings. The van der Waals surface area contributed by atoms with Gasteiger partial charge in [-0.15, -0.1) is 0 Å². The zero-order valence-electron chi connectivity index (χ0n) is 11.2. The molecule has 0 aromatic rings. The molecule has 0 aromatic heterocycles. The molecule has 2 N–H and O–H groups in total. The lowest BCUT2D eigenvalue weighted by Crippen LogP contribution is -2.46. The molecule has 1 saturated heterocycles. The second kappa shape index (κ2) is 6.93. The van der Waals surface area contributed by atoms with Crippen molar-refractivity contribution < 1.29 is 9.53 Å². The van der Waals surface area contributed by atoms with Gasteiger partial charge in [-0.1, -0.05) is 0 Å². The summed E-state index contributed by atoms with van der Waals surface area (Å²) in [6, 6.07) is 0. The van der Waals surface area contributed by atoms with Crippen LogP contribution < -0.4 is 10.6 Å². The van der Waals surface area contributed by atoms with Crippen molar-refractivity contribution in [3.8, 4) is 0 Å². The van der Waals surface area contributed by atoms with E-state index in [1.807, 2.05) is 20.8 Å². The Labute approximate surface area is 104 Å². The largest absolute Gasteiger partial charge is 0.379 e. The molecule has 1 aliphatic rings. The summed E-state index contributed by atoms with van der Waals surface area (Å²) in [7, 11) is 0. The van der Waals surface area contributed by atoms with Gasteiger partial charge >= 0.3 is 0 Å². The second-order valence-corrected chi connectivity index (χ2v) is 5.41. The Morgan fingerprint density at radius 3 is 2.53 bits per heavy atom. The van der Waals surface area contributed by atoms with E-state index in [0.29, 0.717) is 13.1 Å². The smallest absolute Gasteiger partial charge is 0.234 e. The molecule has 0 aliphatic carbocycles. The Kier molecular flexibility index (Phi) is 5.88. The Hall–Kier alpha value is -0.650. The van der Waals surface area contributed by atoms with E-state index in [4.69, 9.17) is 4.74 Å². The predicted molar refractivity (Wildman–Crippen MR) is 68.0 cm³/mol. The minimum absolute atomic E-state index is 0.0124. The fourth-order valence-corrected chi connectivity index (χ4v) is 1.59. The van der Waals surface area contributed by atoms with E-state index in [9.17, 15) is 4.79 Å². The lowest BCUT2D eigenvalue weighted by molar-refractivity contribution is -0.120. The summed E-state index contributed by atoms with van der Waals surface area (Å²) in [4.78, 5) is 13.8. The molecule has 0 unspecified atom stereocenters.